The molecule has 0 saturated carbocycles. The lowest BCUT2D eigenvalue weighted by Gasteiger charge is -2.28. The molecule has 0 spiro atoms. The van der Waals surface area contributed by atoms with E-state index >= 15 is 0 Å². The molecular formula is C26H33N5O4. The summed E-state index contributed by atoms with van der Waals surface area (Å²) in [5.74, 6) is -0.0380. The van der Waals surface area contributed by atoms with E-state index in [0.717, 1.165) is 18.5 Å². The Morgan fingerprint density at radius 1 is 1.00 bits per heavy atom. The van der Waals surface area contributed by atoms with E-state index < -0.39 is 5.91 Å². The predicted molar refractivity (Wildman–Crippen MR) is 137 cm³/mol. The van der Waals surface area contributed by atoms with Gasteiger partial charge in [-0.2, -0.15) is 5.10 Å². The molecule has 0 aliphatic carbocycles. The van der Waals surface area contributed by atoms with Crippen LogP contribution in [0.15, 0.2) is 65.6 Å². The number of primary amides is 1. The number of carbonyl (C=O) groups excluding carboxylic acids is 3. The maximum atomic E-state index is 13.4. The van der Waals surface area contributed by atoms with Crippen molar-refractivity contribution in [3.8, 4) is 0 Å². The average Bonchev–Trinajstić information content (AvgIpc) is 2.94. The number of carbonyl (C=O) groups is 3. The summed E-state index contributed by atoms with van der Waals surface area (Å²) in [6.07, 6.45) is 8.30. The van der Waals surface area contributed by atoms with Crippen LogP contribution in [-0.2, 0) is 19.1 Å². The molecule has 1 saturated heterocycles. The first-order chi connectivity index (χ1) is 16.8. The molecule has 3 amide bonds. The number of amides is 3. The summed E-state index contributed by atoms with van der Waals surface area (Å²) >= 11 is 0. The molecule has 35 heavy (non-hydrogen) atoms. The molecule has 1 aromatic carbocycles. The van der Waals surface area contributed by atoms with Crippen LogP contribution >= 0.6 is 0 Å². The Labute approximate surface area is 206 Å². The fourth-order valence-electron chi connectivity index (χ4n) is 3.99. The first-order valence-corrected chi connectivity index (χ1v) is 11.7. The number of benzene rings is 1. The van der Waals surface area contributed by atoms with Crippen LogP contribution in [-0.4, -0.2) is 55.2 Å². The van der Waals surface area contributed by atoms with Crippen molar-refractivity contribution in [1.29, 1.82) is 0 Å². The fourth-order valence-corrected chi connectivity index (χ4v) is 3.99. The number of hydrogen-bond acceptors (Lipinski definition) is 6. The van der Waals surface area contributed by atoms with Crippen LogP contribution in [0.4, 0.5) is 11.4 Å². The standard InChI is InChI=1S/C26H33N5O4/c1-4-20(11-10-19(2)35-3)31-18-25(33)30(17-7-8-23(28-31)26(27)34)22-14-12-21(13-15-22)29-16-6-5-9-24(29)32/h4,10-15H,1,5-9,16-18H2,2-3H3,(H2,27,34)/b19-10+,20-11+,28-23+. The maximum Gasteiger partial charge on any atom is 0.264 e. The Balaban J connectivity index is 1.88. The molecular weight excluding hydrogens is 446 g/mol. The van der Waals surface area contributed by atoms with Crippen LogP contribution in [0.2, 0.25) is 0 Å². The molecule has 3 rings (SSSR count). The topological polar surface area (TPSA) is 109 Å². The van der Waals surface area contributed by atoms with Crippen molar-refractivity contribution in [2.24, 2.45) is 10.8 Å². The summed E-state index contributed by atoms with van der Waals surface area (Å²) in [5.41, 5.74) is 7.82. The molecule has 0 bridgehead atoms. The monoisotopic (exact) mass is 479 g/mol. The van der Waals surface area contributed by atoms with Crippen molar-refractivity contribution in [2.75, 3.05) is 36.5 Å². The van der Waals surface area contributed by atoms with Crippen LogP contribution < -0.4 is 15.5 Å². The van der Waals surface area contributed by atoms with Gasteiger partial charge in [0.1, 0.15) is 12.3 Å². The quantitative estimate of drug-likeness (QED) is 0.478. The number of anilines is 2. The van der Waals surface area contributed by atoms with E-state index in [0.29, 0.717) is 49.5 Å². The zero-order valence-electron chi connectivity index (χ0n) is 20.4. The van der Waals surface area contributed by atoms with Gasteiger partial charge in [-0.25, -0.2) is 0 Å². The summed E-state index contributed by atoms with van der Waals surface area (Å²) in [4.78, 5) is 41.1. The second-order valence-electron chi connectivity index (χ2n) is 8.41. The van der Waals surface area contributed by atoms with Gasteiger partial charge >= 0.3 is 0 Å². The smallest absolute Gasteiger partial charge is 0.264 e. The average molecular weight is 480 g/mol. The molecule has 9 heteroatoms. The molecule has 2 N–H and O–H groups in total. The Hall–Kier alpha value is -3.88. The third-order valence-corrected chi connectivity index (χ3v) is 6.02. The van der Waals surface area contributed by atoms with Crippen molar-refractivity contribution < 1.29 is 19.1 Å². The van der Waals surface area contributed by atoms with E-state index in [2.05, 4.69) is 11.7 Å². The zero-order valence-corrected chi connectivity index (χ0v) is 20.4. The van der Waals surface area contributed by atoms with Gasteiger partial charge in [-0.1, -0.05) is 6.58 Å². The highest BCUT2D eigenvalue weighted by Gasteiger charge is 2.25. The fraction of sp³-hybridized carbons (Fsp3) is 0.385. The van der Waals surface area contributed by atoms with E-state index in [1.54, 1.807) is 42.1 Å². The van der Waals surface area contributed by atoms with E-state index in [-0.39, 0.29) is 24.1 Å². The van der Waals surface area contributed by atoms with Gasteiger partial charge in [0.25, 0.3) is 5.91 Å². The Kier molecular flexibility index (Phi) is 8.83. The van der Waals surface area contributed by atoms with Crippen molar-refractivity contribution in [3.63, 3.8) is 0 Å². The van der Waals surface area contributed by atoms with Crippen molar-refractivity contribution in [1.82, 2.24) is 5.01 Å². The second kappa shape index (κ2) is 12.0. The number of piperidine rings is 1. The Morgan fingerprint density at radius 3 is 2.20 bits per heavy atom. The minimum atomic E-state index is -0.626. The van der Waals surface area contributed by atoms with Gasteiger partial charge in [0.05, 0.1) is 18.6 Å². The molecule has 2 aliphatic rings. The molecule has 2 aliphatic heterocycles. The molecule has 0 atom stereocenters. The van der Waals surface area contributed by atoms with E-state index in [9.17, 15) is 14.4 Å². The number of rotatable bonds is 7. The number of hydrogen-bond donors (Lipinski definition) is 1. The lowest BCUT2D eigenvalue weighted by molar-refractivity contribution is -0.120. The van der Waals surface area contributed by atoms with Gasteiger partial charge in [-0.15, -0.1) is 0 Å². The van der Waals surface area contributed by atoms with Gasteiger partial charge in [0.2, 0.25) is 11.8 Å². The molecule has 186 valence electrons. The van der Waals surface area contributed by atoms with E-state index in [4.69, 9.17) is 10.5 Å². The molecule has 9 nitrogen and oxygen atoms in total. The molecule has 0 aromatic heterocycles. The zero-order chi connectivity index (χ0) is 25.4. The van der Waals surface area contributed by atoms with Crippen LogP contribution in [0.25, 0.3) is 0 Å². The van der Waals surface area contributed by atoms with E-state index in [1.165, 1.54) is 5.01 Å². The molecule has 0 unspecified atom stereocenters. The summed E-state index contributed by atoms with van der Waals surface area (Å²) in [7, 11) is 1.56. The maximum absolute atomic E-state index is 13.4. The lowest BCUT2D eigenvalue weighted by atomic mass is 10.1. The summed E-state index contributed by atoms with van der Waals surface area (Å²) in [6.45, 7) is 6.62. The summed E-state index contributed by atoms with van der Waals surface area (Å²) in [5, 5.41) is 5.84. The van der Waals surface area contributed by atoms with Crippen LogP contribution in [0.1, 0.15) is 39.0 Å². The minimum Gasteiger partial charge on any atom is -0.501 e. The van der Waals surface area contributed by atoms with Gasteiger partial charge in [-0.3, -0.25) is 19.4 Å². The Morgan fingerprint density at radius 2 is 1.63 bits per heavy atom. The van der Waals surface area contributed by atoms with Gasteiger partial charge < -0.3 is 20.3 Å². The van der Waals surface area contributed by atoms with Crippen molar-refractivity contribution >= 4 is 34.8 Å². The third kappa shape index (κ3) is 6.59. The van der Waals surface area contributed by atoms with Crippen molar-refractivity contribution in [3.05, 3.63) is 60.5 Å². The van der Waals surface area contributed by atoms with E-state index in [1.807, 2.05) is 24.3 Å². The minimum absolute atomic E-state index is 0.110. The lowest BCUT2D eigenvalue weighted by Crippen LogP contribution is -2.38. The third-order valence-electron chi connectivity index (χ3n) is 6.02. The van der Waals surface area contributed by atoms with Gasteiger partial charge in [0, 0.05) is 30.9 Å². The molecule has 2 heterocycles. The van der Waals surface area contributed by atoms with Crippen LogP contribution in [0.5, 0.6) is 0 Å². The number of nitrogens with zero attached hydrogens (tertiary/aromatic N) is 4. The first kappa shape index (κ1) is 25.7. The summed E-state index contributed by atoms with van der Waals surface area (Å²) < 4.78 is 5.17. The highest BCUT2D eigenvalue weighted by molar-refractivity contribution is 6.38. The van der Waals surface area contributed by atoms with Crippen LogP contribution in [0, 0.1) is 0 Å². The molecule has 0 radical (unpaired) electrons. The summed E-state index contributed by atoms with van der Waals surface area (Å²) in [6, 6.07) is 7.44. The second-order valence-corrected chi connectivity index (χ2v) is 8.41. The van der Waals surface area contributed by atoms with Crippen molar-refractivity contribution in [2.45, 2.75) is 39.0 Å². The number of ether oxygens (including phenoxy) is 1. The number of methoxy groups -OCH3 is 1. The largest absolute Gasteiger partial charge is 0.501 e. The molecule has 1 aromatic rings. The number of hydrazone groups is 1. The van der Waals surface area contributed by atoms with Gasteiger partial charge in [0.15, 0.2) is 0 Å². The normalized spacial score (nSPS) is 19.9. The SMILES string of the molecule is C=C/C(=C\C=C(/C)OC)N1CC(=O)N(c2ccc(N3CCCCC3=O)cc2)CCC/C(C(N)=O)=N\1. The molecule has 1 fully saturated rings. The highest BCUT2D eigenvalue weighted by atomic mass is 16.5. The number of allylic oxidation sites excluding steroid dienone is 4. The van der Waals surface area contributed by atoms with Gasteiger partial charge in [-0.05, 0) is 75.1 Å². The highest BCUT2D eigenvalue weighted by Crippen LogP contribution is 2.25. The predicted octanol–water partition coefficient (Wildman–Crippen LogP) is 3.09. The number of nitrogens with two attached hydrogens (primary N) is 1. The van der Waals surface area contributed by atoms with Crippen LogP contribution in [0.3, 0.4) is 0 Å². The Bertz CT molecular complexity index is 1060. The first-order valence-electron chi connectivity index (χ1n) is 11.7.